The van der Waals surface area contributed by atoms with E-state index in [2.05, 4.69) is 26.2 Å². The molecule has 0 aliphatic heterocycles. The van der Waals surface area contributed by atoms with Crippen LogP contribution in [0.15, 0.2) is 22.8 Å². The number of hydrogen-bond donors (Lipinski definition) is 2. The van der Waals surface area contributed by atoms with Crippen molar-refractivity contribution in [1.82, 2.24) is 4.98 Å². The summed E-state index contributed by atoms with van der Waals surface area (Å²) in [5.74, 6) is -0.496. The van der Waals surface area contributed by atoms with Gasteiger partial charge < -0.3 is 10.4 Å². The molecule has 3 rings (SSSR count). The Kier molecular flexibility index (Phi) is 5.07. The number of rotatable bonds is 4. The zero-order valence-electron chi connectivity index (χ0n) is 13.7. The van der Waals surface area contributed by atoms with Crippen LogP contribution in [0, 0.1) is 27.3 Å². The van der Waals surface area contributed by atoms with Gasteiger partial charge >= 0.3 is 5.69 Å². The lowest BCUT2D eigenvalue weighted by Gasteiger charge is -2.35. The molecule has 1 saturated carbocycles. The van der Waals surface area contributed by atoms with Crippen molar-refractivity contribution in [3.63, 3.8) is 0 Å². The second-order valence-corrected chi connectivity index (χ2v) is 7.39. The number of aromatic nitrogens is 1. The van der Waals surface area contributed by atoms with E-state index in [1.807, 2.05) is 6.07 Å². The minimum Gasteiger partial charge on any atom is -0.389 e. The van der Waals surface area contributed by atoms with Crippen LogP contribution in [0.4, 0.5) is 15.8 Å². The number of benzene rings is 1. The molecular formula is C17H16BrFN4O3. The van der Waals surface area contributed by atoms with Crippen molar-refractivity contribution < 1.29 is 14.4 Å². The first-order valence-corrected chi connectivity index (χ1v) is 8.90. The van der Waals surface area contributed by atoms with Crippen molar-refractivity contribution in [1.29, 1.82) is 5.26 Å². The van der Waals surface area contributed by atoms with E-state index in [-0.39, 0.29) is 28.3 Å². The molecule has 0 atom stereocenters. The monoisotopic (exact) mass is 422 g/mol. The van der Waals surface area contributed by atoms with Gasteiger partial charge in [-0.15, -0.1) is 0 Å². The van der Waals surface area contributed by atoms with E-state index in [4.69, 9.17) is 5.26 Å². The molecule has 136 valence electrons. The number of nitrogens with zero attached hydrogens (tertiary/aromatic N) is 3. The Morgan fingerprint density at radius 3 is 2.81 bits per heavy atom. The van der Waals surface area contributed by atoms with Crippen molar-refractivity contribution in [3.8, 4) is 6.07 Å². The van der Waals surface area contributed by atoms with Crippen LogP contribution in [0.1, 0.15) is 32.1 Å². The van der Waals surface area contributed by atoms with Gasteiger partial charge in [-0.1, -0.05) is 0 Å². The number of pyridine rings is 1. The first kappa shape index (κ1) is 18.5. The summed E-state index contributed by atoms with van der Waals surface area (Å²) >= 11 is 3.11. The zero-order valence-corrected chi connectivity index (χ0v) is 15.3. The summed E-state index contributed by atoms with van der Waals surface area (Å²) in [6.07, 6.45) is 3.21. The van der Waals surface area contributed by atoms with E-state index < -0.39 is 16.3 Å². The van der Waals surface area contributed by atoms with E-state index in [1.54, 1.807) is 0 Å². The predicted octanol–water partition coefficient (Wildman–Crippen LogP) is 4.04. The number of anilines is 1. The molecule has 0 bridgehead atoms. The van der Waals surface area contributed by atoms with Gasteiger partial charge in [-0.25, -0.2) is 9.37 Å². The zero-order chi connectivity index (χ0) is 18.9. The number of aliphatic hydroxyl groups is 1. The third-order valence-electron chi connectivity index (χ3n) is 4.76. The second-order valence-electron chi connectivity index (χ2n) is 6.54. The average molecular weight is 423 g/mol. The summed E-state index contributed by atoms with van der Waals surface area (Å²) in [5, 5.41) is 34.2. The molecular weight excluding hydrogens is 407 g/mol. The van der Waals surface area contributed by atoms with Crippen LogP contribution in [0.5, 0.6) is 0 Å². The number of nitrogens with one attached hydrogen (secondary N) is 1. The summed E-state index contributed by atoms with van der Waals surface area (Å²) in [7, 11) is 0. The Hall–Kier alpha value is -2.31. The van der Waals surface area contributed by atoms with Crippen LogP contribution in [0.3, 0.4) is 0 Å². The van der Waals surface area contributed by atoms with Gasteiger partial charge in [0.1, 0.15) is 17.7 Å². The molecule has 1 aliphatic carbocycles. The van der Waals surface area contributed by atoms with Gasteiger partial charge in [-0.3, -0.25) is 10.1 Å². The van der Waals surface area contributed by atoms with Gasteiger partial charge in [0.25, 0.3) is 0 Å². The van der Waals surface area contributed by atoms with Crippen molar-refractivity contribution in [3.05, 3.63) is 38.7 Å². The lowest BCUT2D eigenvalue weighted by Crippen LogP contribution is -2.38. The van der Waals surface area contributed by atoms with Gasteiger partial charge in [0.15, 0.2) is 0 Å². The SMILES string of the molecule is N#CCC1(O)CCC(Nc2c([N+](=O)[O-])cnc3cc(F)c(Br)cc23)CC1. The van der Waals surface area contributed by atoms with E-state index in [0.29, 0.717) is 36.6 Å². The topological polar surface area (TPSA) is 112 Å². The molecule has 1 aromatic heterocycles. The van der Waals surface area contributed by atoms with Crippen LogP contribution < -0.4 is 5.32 Å². The largest absolute Gasteiger partial charge is 0.389 e. The highest BCUT2D eigenvalue weighted by molar-refractivity contribution is 9.10. The quantitative estimate of drug-likeness (QED) is 0.567. The fourth-order valence-corrected chi connectivity index (χ4v) is 3.64. The van der Waals surface area contributed by atoms with Gasteiger partial charge in [0.2, 0.25) is 0 Å². The number of fused-ring (bicyclic) bond motifs is 1. The van der Waals surface area contributed by atoms with E-state index >= 15 is 0 Å². The highest BCUT2D eigenvalue weighted by Crippen LogP contribution is 2.38. The van der Waals surface area contributed by atoms with Crippen molar-refractivity contribution in [2.45, 2.75) is 43.7 Å². The lowest BCUT2D eigenvalue weighted by molar-refractivity contribution is -0.384. The highest BCUT2D eigenvalue weighted by atomic mass is 79.9. The fourth-order valence-electron chi connectivity index (χ4n) is 3.29. The molecule has 0 spiro atoms. The highest BCUT2D eigenvalue weighted by Gasteiger charge is 2.34. The number of nitriles is 1. The first-order valence-electron chi connectivity index (χ1n) is 8.11. The maximum Gasteiger partial charge on any atom is 0.311 e. The molecule has 1 heterocycles. The lowest BCUT2D eigenvalue weighted by atomic mass is 9.80. The molecule has 7 nitrogen and oxygen atoms in total. The maximum absolute atomic E-state index is 13.8. The Morgan fingerprint density at radius 1 is 1.50 bits per heavy atom. The Bertz CT molecular complexity index is 907. The van der Waals surface area contributed by atoms with Crippen molar-refractivity contribution >= 4 is 38.2 Å². The Labute approximate surface area is 157 Å². The molecule has 2 N–H and O–H groups in total. The molecule has 0 unspecified atom stereocenters. The van der Waals surface area contributed by atoms with Crippen LogP contribution in [-0.2, 0) is 0 Å². The van der Waals surface area contributed by atoms with Crippen LogP contribution in [0.25, 0.3) is 10.9 Å². The third kappa shape index (κ3) is 3.61. The summed E-state index contributed by atoms with van der Waals surface area (Å²) in [5.41, 5.74) is -0.577. The molecule has 1 aliphatic rings. The first-order chi connectivity index (χ1) is 12.3. The molecule has 0 saturated heterocycles. The molecule has 9 heteroatoms. The van der Waals surface area contributed by atoms with Crippen LogP contribution >= 0.6 is 15.9 Å². The normalized spacial score (nSPS) is 22.8. The fraction of sp³-hybridized carbons (Fsp3) is 0.412. The molecule has 0 radical (unpaired) electrons. The smallest absolute Gasteiger partial charge is 0.311 e. The molecule has 1 fully saturated rings. The molecule has 0 amide bonds. The molecule has 2 aromatic rings. The number of hydrogen-bond acceptors (Lipinski definition) is 6. The summed E-state index contributed by atoms with van der Waals surface area (Å²) in [6, 6.07) is 4.60. The standard InChI is InChI=1S/C17H16BrFN4O3/c18-12-7-11-14(8-13(12)19)21-9-15(23(25)26)16(11)22-10-1-3-17(24,4-2-10)5-6-20/h7-10,24H,1-5H2,(H,21,22). The molecule has 1 aromatic carbocycles. The van der Waals surface area contributed by atoms with E-state index in [1.165, 1.54) is 12.1 Å². The van der Waals surface area contributed by atoms with Crippen molar-refractivity contribution in [2.24, 2.45) is 0 Å². The van der Waals surface area contributed by atoms with Gasteiger partial charge in [0.05, 0.1) is 33.0 Å². The predicted molar refractivity (Wildman–Crippen MR) is 97.1 cm³/mol. The third-order valence-corrected chi connectivity index (χ3v) is 5.37. The van der Waals surface area contributed by atoms with E-state index in [0.717, 1.165) is 6.20 Å². The maximum atomic E-state index is 13.8. The van der Waals surface area contributed by atoms with E-state index in [9.17, 15) is 19.6 Å². The van der Waals surface area contributed by atoms with Gasteiger partial charge in [-0.2, -0.15) is 5.26 Å². The summed E-state index contributed by atoms with van der Waals surface area (Å²) in [6.45, 7) is 0. The molecule has 26 heavy (non-hydrogen) atoms. The van der Waals surface area contributed by atoms with Crippen LogP contribution in [0.2, 0.25) is 0 Å². The Morgan fingerprint density at radius 2 is 2.19 bits per heavy atom. The average Bonchev–Trinajstić information content (AvgIpc) is 2.58. The van der Waals surface area contributed by atoms with Gasteiger partial charge in [0, 0.05) is 17.5 Å². The van der Waals surface area contributed by atoms with Gasteiger partial charge in [-0.05, 0) is 47.7 Å². The van der Waals surface area contributed by atoms with Crippen LogP contribution in [-0.4, -0.2) is 26.7 Å². The second kappa shape index (κ2) is 7.13. The summed E-state index contributed by atoms with van der Waals surface area (Å²) < 4.78 is 14.0. The number of nitro groups is 1. The minimum absolute atomic E-state index is 0.0737. The van der Waals surface area contributed by atoms with Crippen molar-refractivity contribution in [2.75, 3.05) is 5.32 Å². The Balaban J connectivity index is 1.94. The number of halogens is 2. The minimum atomic E-state index is -0.995. The summed E-state index contributed by atoms with van der Waals surface area (Å²) in [4.78, 5) is 14.9.